The first-order valence-electron chi connectivity index (χ1n) is 6.25. The van der Waals surface area contributed by atoms with Crippen molar-refractivity contribution in [3.8, 4) is 0 Å². The van der Waals surface area contributed by atoms with Gasteiger partial charge >= 0.3 is 5.97 Å². The van der Waals surface area contributed by atoms with Crippen LogP contribution in [-0.4, -0.2) is 39.0 Å². The first kappa shape index (κ1) is 12.1. The van der Waals surface area contributed by atoms with Gasteiger partial charge < -0.3 is 10.0 Å². The fourth-order valence-electron chi connectivity index (χ4n) is 3.26. The maximum atomic E-state index is 13.1. The molecule has 0 aromatic carbocycles. The zero-order valence-electron chi connectivity index (χ0n) is 10.1. The Balaban J connectivity index is 1.87. The maximum absolute atomic E-state index is 13.1. The number of aromatic nitrogens is 1. The molecule has 6 heteroatoms. The van der Waals surface area contributed by atoms with Gasteiger partial charge in [-0.05, 0) is 25.3 Å². The van der Waals surface area contributed by atoms with Gasteiger partial charge in [0.25, 0.3) is 5.91 Å². The van der Waals surface area contributed by atoms with E-state index in [1.165, 1.54) is 12.3 Å². The van der Waals surface area contributed by atoms with E-state index in [4.69, 9.17) is 5.11 Å². The third-order valence-electron chi connectivity index (χ3n) is 4.06. The number of fused-ring (bicyclic) bond motifs is 2. The summed E-state index contributed by atoms with van der Waals surface area (Å²) in [5.41, 5.74) is 0.232. The SMILES string of the molecule is O=C(O)C1CC2CCC1N2C(=O)c1ccnc(F)c1. The van der Waals surface area contributed by atoms with E-state index in [-0.39, 0.29) is 23.6 Å². The Hall–Kier alpha value is -1.98. The van der Waals surface area contributed by atoms with Crippen LogP contribution in [0.2, 0.25) is 0 Å². The molecule has 3 heterocycles. The maximum Gasteiger partial charge on any atom is 0.308 e. The molecule has 2 saturated heterocycles. The lowest BCUT2D eigenvalue weighted by Crippen LogP contribution is -2.37. The predicted octanol–water partition coefficient (Wildman–Crippen LogP) is 1.30. The van der Waals surface area contributed by atoms with Crippen molar-refractivity contribution in [2.45, 2.75) is 31.3 Å². The molecule has 19 heavy (non-hydrogen) atoms. The van der Waals surface area contributed by atoms with Gasteiger partial charge in [-0.1, -0.05) is 0 Å². The van der Waals surface area contributed by atoms with Crippen molar-refractivity contribution >= 4 is 11.9 Å². The molecule has 3 unspecified atom stereocenters. The zero-order chi connectivity index (χ0) is 13.6. The number of carbonyl (C=O) groups is 2. The minimum absolute atomic E-state index is 0.0326. The standard InChI is InChI=1S/C13H13FN2O3/c14-11-5-7(3-4-15-11)12(17)16-8-1-2-10(16)9(6-8)13(18)19/h3-5,8-10H,1-2,6H2,(H,18,19). The number of carboxylic acid groups (broad SMARTS) is 1. The van der Waals surface area contributed by atoms with Crippen LogP contribution in [0, 0.1) is 11.9 Å². The van der Waals surface area contributed by atoms with Crippen molar-refractivity contribution in [3.63, 3.8) is 0 Å². The van der Waals surface area contributed by atoms with E-state index in [1.54, 1.807) is 4.90 Å². The lowest BCUT2D eigenvalue weighted by atomic mass is 9.89. The second-order valence-electron chi connectivity index (χ2n) is 5.06. The number of pyridine rings is 1. The van der Waals surface area contributed by atoms with E-state index in [1.807, 2.05) is 0 Å². The van der Waals surface area contributed by atoms with Crippen LogP contribution in [0.5, 0.6) is 0 Å². The fourth-order valence-corrected chi connectivity index (χ4v) is 3.26. The van der Waals surface area contributed by atoms with Crippen molar-refractivity contribution in [1.82, 2.24) is 9.88 Å². The molecular formula is C13H13FN2O3. The second-order valence-corrected chi connectivity index (χ2v) is 5.06. The molecule has 1 aromatic heterocycles. The molecule has 2 aliphatic heterocycles. The highest BCUT2D eigenvalue weighted by Crippen LogP contribution is 2.42. The van der Waals surface area contributed by atoms with Crippen molar-refractivity contribution in [2.24, 2.45) is 5.92 Å². The number of hydrogen-bond acceptors (Lipinski definition) is 3. The summed E-state index contributed by atoms with van der Waals surface area (Å²) in [4.78, 5) is 28.5. The van der Waals surface area contributed by atoms with Crippen molar-refractivity contribution in [2.75, 3.05) is 0 Å². The lowest BCUT2D eigenvalue weighted by Gasteiger charge is -2.23. The summed E-state index contributed by atoms with van der Waals surface area (Å²) in [6, 6.07) is 2.26. The molecule has 2 aliphatic rings. The Morgan fingerprint density at radius 3 is 2.84 bits per heavy atom. The number of nitrogens with zero attached hydrogens (tertiary/aromatic N) is 2. The molecule has 1 aromatic rings. The van der Waals surface area contributed by atoms with Gasteiger partial charge in [0.15, 0.2) is 0 Å². The van der Waals surface area contributed by atoms with Gasteiger partial charge in [0.05, 0.1) is 5.92 Å². The second kappa shape index (κ2) is 4.29. The minimum atomic E-state index is -0.856. The normalized spacial score (nSPS) is 28.7. The average molecular weight is 264 g/mol. The Bertz CT molecular complexity index is 548. The van der Waals surface area contributed by atoms with Gasteiger partial charge in [-0.15, -0.1) is 0 Å². The quantitative estimate of drug-likeness (QED) is 0.817. The Labute approximate surface area is 109 Å². The van der Waals surface area contributed by atoms with Crippen LogP contribution in [0.25, 0.3) is 0 Å². The Kier molecular flexibility index (Phi) is 2.73. The third-order valence-corrected chi connectivity index (χ3v) is 4.06. The highest BCUT2D eigenvalue weighted by Gasteiger charge is 2.51. The molecule has 0 saturated carbocycles. The first-order valence-corrected chi connectivity index (χ1v) is 6.25. The van der Waals surface area contributed by atoms with Gasteiger partial charge in [0, 0.05) is 29.9 Å². The summed E-state index contributed by atoms with van der Waals surface area (Å²) in [5.74, 6) is -2.34. The van der Waals surface area contributed by atoms with Crippen LogP contribution < -0.4 is 0 Å². The number of aliphatic carboxylic acids is 1. The highest BCUT2D eigenvalue weighted by atomic mass is 19.1. The largest absolute Gasteiger partial charge is 0.481 e. The van der Waals surface area contributed by atoms with Crippen LogP contribution in [0.1, 0.15) is 29.6 Å². The molecule has 5 nitrogen and oxygen atoms in total. The van der Waals surface area contributed by atoms with Gasteiger partial charge in [-0.2, -0.15) is 4.39 Å². The molecule has 3 atom stereocenters. The van der Waals surface area contributed by atoms with Crippen molar-refractivity contribution in [1.29, 1.82) is 0 Å². The van der Waals surface area contributed by atoms with Crippen molar-refractivity contribution < 1.29 is 19.1 Å². The molecule has 2 bridgehead atoms. The highest BCUT2D eigenvalue weighted by molar-refractivity contribution is 5.95. The molecule has 3 rings (SSSR count). The summed E-state index contributed by atoms with van der Waals surface area (Å²) in [6.07, 6.45) is 3.28. The smallest absolute Gasteiger partial charge is 0.308 e. The zero-order valence-corrected chi connectivity index (χ0v) is 10.1. The lowest BCUT2D eigenvalue weighted by molar-refractivity contribution is -0.142. The van der Waals surface area contributed by atoms with Gasteiger partial charge in [0.2, 0.25) is 5.95 Å². The van der Waals surface area contributed by atoms with E-state index in [2.05, 4.69) is 4.98 Å². The third kappa shape index (κ3) is 1.87. The number of amides is 1. The molecule has 1 amide bonds. The average Bonchev–Trinajstić information content (AvgIpc) is 2.95. The Morgan fingerprint density at radius 2 is 2.21 bits per heavy atom. The summed E-state index contributed by atoms with van der Waals surface area (Å²) in [6.45, 7) is 0. The number of hydrogen-bond donors (Lipinski definition) is 1. The summed E-state index contributed by atoms with van der Waals surface area (Å²) >= 11 is 0. The first-order chi connectivity index (χ1) is 9.08. The molecule has 1 N–H and O–H groups in total. The van der Waals surface area contributed by atoms with Crippen LogP contribution in [-0.2, 0) is 4.79 Å². The van der Waals surface area contributed by atoms with Crippen LogP contribution in [0.4, 0.5) is 4.39 Å². The summed E-state index contributed by atoms with van der Waals surface area (Å²) in [7, 11) is 0. The van der Waals surface area contributed by atoms with E-state index in [9.17, 15) is 14.0 Å². The van der Waals surface area contributed by atoms with Crippen molar-refractivity contribution in [3.05, 3.63) is 29.8 Å². The fraction of sp³-hybridized carbons (Fsp3) is 0.462. The van der Waals surface area contributed by atoms with Crippen LogP contribution in [0.3, 0.4) is 0 Å². The molecule has 2 fully saturated rings. The van der Waals surface area contributed by atoms with Gasteiger partial charge in [0.1, 0.15) is 0 Å². The van der Waals surface area contributed by atoms with Gasteiger partial charge in [-0.3, -0.25) is 9.59 Å². The van der Waals surface area contributed by atoms with E-state index in [0.29, 0.717) is 12.8 Å². The molecular weight excluding hydrogens is 251 g/mol. The van der Waals surface area contributed by atoms with Crippen LogP contribution in [0.15, 0.2) is 18.3 Å². The van der Waals surface area contributed by atoms with Crippen LogP contribution >= 0.6 is 0 Å². The number of carbonyl (C=O) groups excluding carboxylic acids is 1. The molecule has 0 radical (unpaired) electrons. The number of carboxylic acids is 1. The molecule has 100 valence electrons. The summed E-state index contributed by atoms with van der Waals surface area (Å²) in [5, 5.41) is 9.14. The monoisotopic (exact) mass is 264 g/mol. The van der Waals surface area contributed by atoms with E-state index < -0.39 is 17.8 Å². The topological polar surface area (TPSA) is 70.5 Å². The van der Waals surface area contributed by atoms with E-state index in [0.717, 1.165) is 12.5 Å². The Morgan fingerprint density at radius 1 is 1.42 bits per heavy atom. The van der Waals surface area contributed by atoms with Gasteiger partial charge in [-0.25, -0.2) is 4.98 Å². The molecule has 0 spiro atoms. The molecule has 0 aliphatic carbocycles. The minimum Gasteiger partial charge on any atom is -0.481 e. The predicted molar refractivity (Wildman–Crippen MR) is 62.9 cm³/mol. The van der Waals surface area contributed by atoms with E-state index >= 15 is 0 Å². The number of rotatable bonds is 2. The number of halogens is 1. The summed E-state index contributed by atoms with van der Waals surface area (Å²) < 4.78 is 13.1.